The van der Waals surface area contributed by atoms with Gasteiger partial charge in [-0.2, -0.15) is 18.3 Å². The van der Waals surface area contributed by atoms with Crippen LogP contribution in [-0.2, 0) is 13.2 Å². The van der Waals surface area contributed by atoms with Gasteiger partial charge in [0.05, 0.1) is 18.0 Å². The summed E-state index contributed by atoms with van der Waals surface area (Å²) in [4.78, 5) is 7.62. The van der Waals surface area contributed by atoms with E-state index in [1.165, 1.54) is 17.1 Å². The average molecular weight is 355 g/mol. The molecule has 3 aromatic rings. The van der Waals surface area contributed by atoms with Gasteiger partial charge in [0.25, 0.3) is 0 Å². The van der Waals surface area contributed by atoms with Crippen molar-refractivity contribution < 1.29 is 22.0 Å². The number of hydrogen-bond donors (Lipinski definition) is 1. The van der Waals surface area contributed by atoms with Gasteiger partial charge in [0.2, 0.25) is 5.95 Å². The SMILES string of the molecule is Cn1cc(-c2nc(Nc3ccc(F)c(C(F)(F)F)c3)ncc2F)cn1. The van der Waals surface area contributed by atoms with Gasteiger partial charge in [-0.05, 0) is 18.2 Å². The van der Waals surface area contributed by atoms with E-state index < -0.39 is 23.4 Å². The minimum Gasteiger partial charge on any atom is -0.324 e. The summed E-state index contributed by atoms with van der Waals surface area (Å²) in [5.74, 6) is -2.25. The van der Waals surface area contributed by atoms with E-state index in [2.05, 4.69) is 20.4 Å². The van der Waals surface area contributed by atoms with E-state index in [1.807, 2.05) is 0 Å². The van der Waals surface area contributed by atoms with Gasteiger partial charge in [-0.3, -0.25) is 4.68 Å². The van der Waals surface area contributed by atoms with Crippen molar-refractivity contribution >= 4 is 11.6 Å². The number of anilines is 2. The Morgan fingerprint density at radius 3 is 2.48 bits per heavy atom. The smallest absolute Gasteiger partial charge is 0.324 e. The molecule has 0 amide bonds. The van der Waals surface area contributed by atoms with E-state index in [-0.39, 0.29) is 17.3 Å². The zero-order valence-electron chi connectivity index (χ0n) is 12.6. The zero-order valence-corrected chi connectivity index (χ0v) is 12.6. The Hall–Kier alpha value is -3.04. The first-order valence-corrected chi connectivity index (χ1v) is 6.89. The van der Waals surface area contributed by atoms with Crippen molar-refractivity contribution in [1.29, 1.82) is 0 Å². The fraction of sp³-hybridized carbons (Fsp3) is 0.133. The Balaban J connectivity index is 1.94. The molecule has 0 spiro atoms. The molecule has 3 rings (SSSR count). The van der Waals surface area contributed by atoms with Crippen LogP contribution in [0, 0.1) is 11.6 Å². The molecule has 0 unspecified atom stereocenters. The normalized spacial score (nSPS) is 11.6. The number of aromatic nitrogens is 4. The van der Waals surface area contributed by atoms with Crippen LogP contribution in [0.5, 0.6) is 0 Å². The van der Waals surface area contributed by atoms with Gasteiger partial charge in [0.1, 0.15) is 11.5 Å². The topological polar surface area (TPSA) is 55.6 Å². The molecule has 0 bridgehead atoms. The number of halogens is 5. The number of alkyl halides is 3. The molecule has 130 valence electrons. The third-order valence-electron chi connectivity index (χ3n) is 3.25. The molecule has 25 heavy (non-hydrogen) atoms. The van der Waals surface area contributed by atoms with Crippen LogP contribution in [0.3, 0.4) is 0 Å². The first-order chi connectivity index (χ1) is 11.7. The van der Waals surface area contributed by atoms with E-state index in [9.17, 15) is 22.0 Å². The zero-order chi connectivity index (χ0) is 18.2. The fourth-order valence-electron chi connectivity index (χ4n) is 2.12. The highest BCUT2D eigenvalue weighted by Gasteiger charge is 2.34. The van der Waals surface area contributed by atoms with E-state index in [1.54, 1.807) is 7.05 Å². The quantitative estimate of drug-likeness (QED) is 0.724. The predicted molar refractivity (Wildman–Crippen MR) is 78.9 cm³/mol. The second-order valence-corrected chi connectivity index (χ2v) is 5.11. The van der Waals surface area contributed by atoms with Gasteiger partial charge < -0.3 is 5.32 Å². The van der Waals surface area contributed by atoms with Gasteiger partial charge in [0, 0.05) is 24.5 Å². The lowest BCUT2D eigenvalue weighted by Gasteiger charge is -2.11. The van der Waals surface area contributed by atoms with Crippen molar-refractivity contribution in [3.05, 3.63) is 54.0 Å². The highest BCUT2D eigenvalue weighted by Crippen LogP contribution is 2.33. The number of nitrogens with zero attached hydrogens (tertiary/aromatic N) is 4. The van der Waals surface area contributed by atoms with Crippen LogP contribution in [0.1, 0.15) is 5.56 Å². The van der Waals surface area contributed by atoms with Crippen LogP contribution in [-0.4, -0.2) is 19.7 Å². The van der Waals surface area contributed by atoms with E-state index in [0.717, 1.165) is 12.3 Å². The highest BCUT2D eigenvalue weighted by molar-refractivity contribution is 5.61. The molecule has 0 saturated carbocycles. The lowest BCUT2D eigenvalue weighted by molar-refractivity contribution is -0.139. The largest absolute Gasteiger partial charge is 0.419 e. The molecule has 0 saturated heterocycles. The number of benzene rings is 1. The monoisotopic (exact) mass is 355 g/mol. The molecule has 0 aliphatic heterocycles. The van der Waals surface area contributed by atoms with Crippen molar-refractivity contribution in [2.45, 2.75) is 6.18 Å². The predicted octanol–water partition coefficient (Wildman–Crippen LogP) is 3.92. The third kappa shape index (κ3) is 3.57. The molecule has 0 fully saturated rings. The van der Waals surface area contributed by atoms with Gasteiger partial charge in [-0.15, -0.1) is 0 Å². The van der Waals surface area contributed by atoms with Gasteiger partial charge in [-0.25, -0.2) is 18.7 Å². The second kappa shape index (κ2) is 6.11. The molecule has 1 N–H and O–H groups in total. The summed E-state index contributed by atoms with van der Waals surface area (Å²) in [6.07, 6.45) is -1.05. The van der Waals surface area contributed by atoms with Crippen LogP contribution in [0.15, 0.2) is 36.8 Å². The molecule has 2 aromatic heterocycles. The Labute approximate surface area is 138 Å². The summed E-state index contributed by atoms with van der Waals surface area (Å²) < 4.78 is 66.9. The van der Waals surface area contributed by atoms with Gasteiger partial charge in [-0.1, -0.05) is 0 Å². The van der Waals surface area contributed by atoms with Crippen molar-refractivity contribution in [2.75, 3.05) is 5.32 Å². The molecule has 1 aromatic carbocycles. The Morgan fingerprint density at radius 1 is 1.08 bits per heavy atom. The van der Waals surface area contributed by atoms with Crippen LogP contribution < -0.4 is 5.32 Å². The van der Waals surface area contributed by atoms with Crippen LogP contribution in [0.2, 0.25) is 0 Å². The second-order valence-electron chi connectivity index (χ2n) is 5.11. The summed E-state index contributed by atoms with van der Waals surface area (Å²) in [6, 6.07) is 2.36. The van der Waals surface area contributed by atoms with Crippen molar-refractivity contribution in [3.63, 3.8) is 0 Å². The molecular weight excluding hydrogens is 345 g/mol. The molecule has 0 aliphatic carbocycles. The summed E-state index contributed by atoms with van der Waals surface area (Å²) in [6.45, 7) is 0. The highest BCUT2D eigenvalue weighted by atomic mass is 19.4. The molecule has 0 aliphatic rings. The minimum absolute atomic E-state index is 0.0660. The molecular formula is C15H10F5N5. The van der Waals surface area contributed by atoms with Crippen LogP contribution in [0.25, 0.3) is 11.3 Å². The van der Waals surface area contributed by atoms with E-state index in [0.29, 0.717) is 17.7 Å². The maximum Gasteiger partial charge on any atom is 0.419 e. The molecule has 5 nitrogen and oxygen atoms in total. The number of rotatable bonds is 3. The number of hydrogen-bond acceptors (Lipinski definition) is 4. The third-order valence-corrected chi connectivity index (χ3v) is 3.25. The molecule has 0 radical (unpaired) electrons. The summed E-state index contributed by atoms with van der Waals surface area (Å²) in [5.41, 5.74) is -1.20. The first kappa shape index (κ1) is 16.8. The lowest BCUT2D eigenvalue weighted by Crippen LogP contribution is -2.09. The summed E-state index contributed by atoms with van der Waals surface area (Å²) in [5, 5.41) is 6.40. The lowest BCUT2D eigenvalue weighted by atomic mass is 10.2. The van der Waals surface area contributed by atoms with Crippen LogP contribution >= 0.6 is 0 Å². The summed E-state index contributed by atoms with van der Waals surface area (Å²) in [7, 11) is 1.64. The van der Waals surface area contributed by atoms with E-state index >= 15 is 0 Å². The van der Waals surface area contributed by atoms with Crippen molar-refractivity contribution in [1.82, 2.24) is 19.7 Å². The van der Waals surface area contributed by atoms with Gasteiger partial charge >= 0.3 is 6.18 Å². The molecule has 2 heterocycles. The fourth-order valence-corrected chi connectivity index (χ4v) is 2.12. The Kier molecular flexibility index (Phi) is 4.11. The Morgan fingerprint density at radius 2 is 1.84 bits per heavy atom. The van der Waals surface area contributed by atoms with Crippen molar-refractivity contribution in [3.8, 4) is 11.3 Å². The van der Waals surface area contributed by atoms with E-state index in [4.69, 9.17) is 0 Å². The number of aryl methyl sites for hydroxylation is 1. The molecule has 10 heteroatoms. The van der Waals surface area contributed by atoms with Crippen LogP contribution in [0.4, 0.5) is 33.6 Å². The molecule has 0 atom stereocenters. The number of nitrogens with one attached hydrogen (secondary N) is 1. The first-order valence-electron chi connectivity index (χ1n) is 6.89. The average Bonchev–Trinajstić information content (AvgIpc) is 2.96. The van der Waals surface area contributed by atoms with Crippen molar-refractivity contribution in [2.24, 2.45) is 7.05 Å². The Bertz CT molecular complexity index is 919. The standard InChI is InChI=1S/C15H10F5N5/c1-25-7-8(5-22-25)13-12(17)6-21-14(24-13)23-9-2-3-11(16)10(4-9)15(18,19)20/h2-7H,1H3,(H,21,23,24). The van der Waals surface area contributed by atoms with Gasteiger partial charge in [0.15, 0.2) is 5.82 Å². The maximum atomic E-state index is 13.9. The summed E-state index contributed by atoms with van der Waals surface area (Å²) >= 11 is 0. The minimum atomic E-state index is -4.84. The maximum absolute atomic E-state index is 13.9.